The summed E-state index contributed by atoms with van der Waals surface area (Å²) >= 11 is 0. The van der Waals surface area contributed by atoms with Crippen molar-refractivity contribution in [2.45, 2.75) is 12.8 Å². The molecule has 356 valence electrons. The van der Waals surface area contributed by atoms with Crippen LogP contribution in [0.2, 0.25) is 0 Å². The molecule has 10 nitrogen and oxygen atoms in total. The van der Waals surface area contributed by atoms with E-state index in [9.17, 15) is 0 Å². The van der Waals surface area contributed by atoms with Crippen molar-refractivity contribution in [1.29, 1.82) is 0 Å². The number of aromatic nitrogens is 6. The molecule has 0 saturated heterocycles. The van der Waals surface area contributed by atoms with Crippen molar-refractivity contribution in [3.63, 3.8) is 0 Å². The van der Waals surface area contributed by atoms with Gasteiger partial charge in [0.1, 0.15) is 0 Å². The van der Waals surface area contributed by atoms with Crippen LogP contribution < -0.4 is 20.0 Å². The molecule has 0 amide bonds. The van der Waals surface area contributed by atoms with Gasteiger partial charge >= 0.3 is 0 Å². The Hall–Kier alpha value is -7.38. The minimum Gasteiger partial charge on any atom is -0.504 e. The summed E-state index contributed by atoms with van der Waals surface area (Å²) in [5.74, 6) is 0. The molecule has 6 aromatic carbocycles. The van der Waals surface area contributed by atoms with Crippen molar-refractivity contribution in [3.05, 3.63) is 261 Å². The van der Waals surface area contributed by atoms with Crippen molar-refractivity contribution in [2.75, 3.05) is 23.9 Å². The second kappa shape index (κ2) is 25.3. The molecule has 0 bridgehead atoms. The average Bonchev–Trinajstić information content (AvgIpc) is 4.15. The molecule has 0 radical (unpaired) electrons. The topological polar surface area (TPSA) is 92.7 Å². The van der Waals surface area contributed by atoms with Crippen LogP contribution in [0.1, 0.15) is 12.8 Å². The van der Waals surface area contributed by atoms with E-state index in [1.165, 1.54) is 28.5 Å². The third kappa shape index (κ3) is 12.2. The smallest absolute Gasteiger partial charge is 0.0335 e. The van der Waals surface area contributed by atoms with Gasteiger partial charge in [-0.15, -0.1) is 11.8 Å². The van der Waals surface area contributed by atoms with Gasteiger partial charge in [-0.25, -0.2) is 12.2 Å². The summed E-state index contributed by atoms with van der Waals surface area (Å²) in [5, 5.41) is 24.0. The summed E-state index contributed by atoms with van der Waals surface area (Å²) in [6.07, 6.45) is 22.1. The van der Waals surface area contributed by atoms with Crippen molar-refractivity contribution in [1.82, 2.24) is 40.6 Å². The number of rotatable bonds is 6. The Morgan fingerprint density at radius 3 is 1.57 bits per heavy atom. The van der Waals surface area contributed by atoms with Crippen LogP contribution in [-0.2, 0) is 42.1 Å². The van der Waals surface area contributed by atoms with E-state index in [0.29, 0.717) is 0 Å². The first-order valence-electron chi connectivity index (χ1n) is 22.4. The minimum absolute atomic E-state index is 0. The Morgan fingerprint density at radius 1 is 0.514 bits per heavy atom. The van der Waals surface area contributed by atoms with Crippen LogP contribution in [0, 0.1) is 25.5 Å². The molecule has 8 aromatic rings. The van der Waals surface area contributed by atoms with Crippen LogP contribution in [0.4, 0.5) is 17.1 Å². The van der Waals surface area contributed by atoms with Crippen LogP contribution in [-0.4, -0.2) is 44.5 Å². The van der Waals surface area contributed by atoms with Crippen LogP contribution >= 0.6 is 0 Å². The van der Waals surface area contributed by atoms with Crippen molar-refractivity contribution in [3.8, 4) is 45.0 Å². The molecule has 0 saturated carbocycles. The van der Waals surface area contributed by atoms with E-state index in [1.807, 2.05) is 152 Å². The van der Waals surface area contributed by atoms with Gasteiger partial charge in [-0.05, 0) is 95.5 Å². The standard InChI is InChI=1S/C16H16N2.2C14H10N3.C14H12N2.2Pt/c1-17-13-18(14-9-5-2-3-6-10-14)16-12-8-4-7-11-15(16)17;2*1-3-7-11(8-4-1)13-14(16-17-15-13)12-9-5-2-6-10-12;1-15-11-16(12-7-3-2-4-8-12)14-10-6-5-9-13(14)15;;/h2-3,5,7-9,11-13H,4,10H2,1H3;2*1-10H;2-7,9-11H,1H3;;/q-2;2*-1;-2;;. The number of likely N-dealkylation sites (N-methyl/N-ethyl adjacent to an activating group) is 1. The maximum absolute atomic E-state index is 4.10. The summed E-state index contributed by atoms with van der Waals surface area (Å²) in [4.78, 5) is 8.68. The van der Waals surface area contributed by atoms with Gasteiger partial charge in [-0.3, -0.25) is 16.5 Å². The number of hydrogen-bond donors (Lipinski definition) is 0. The predicted octanol–water partition coefficient (Wildman–Crippen LogP) is 12.0. The molecule has 0 unspecified atom stereocenters. The Labute approximate surface area is 439 Å². The molecule has 0 spiro atoms. The van der Waals surface area contributed by atoms with Gasteiger partial charge in [0.2, 0.25) is 0 Å². The molecule has 0 N–H and O–H groups in total. The first kappa shape index (κ1) is 50.5. The molecular formula is C58H48N10Pt2-6. The van der Waals surface area contributed by atoms with E-state index >= 15 is 0 Å². The molecular weight excluding hydrogens is 1230 g/mol. The molecule has 2 aromatic heterocycles. The number of benzene rings is 6. The van der Waals surface area contributed by atoms with Crippen molar-refractivity contribution < 1.29 is 42.1 Å². The normalized spacial score (nSPS) is 13.9. The second-order valence-corrected chi connectivity index (χ2v) is 15.8. The number of hydrogen-bond acceptors (Lipinski definition) is 8. The van der Waals surface area contributed by atoms with Gasteiger partial charge in [0, 0.05) is 64.9 Å². The summed E-state index contributed by atoms with van der Waals surface area (Å²) in [5.41, 5.74) is 14.7. The molecule has 4 heterocycles. The van der Waals surface area contributed by atoms with E-state index < -0.39 is 0 Å². The first-order chi connectivity index (χ1) is 33.6. The maximum atomic E-state index is 4.10. The first-order valence-corrected chi connectivity index (χ1v) is 22.4. The summed E-state index contributed by atoms with van der Waals surface area (Å²) in [7, 11) is 4.15. The number of para-hydroxylation sites is 3. The monoisotopic (exact) mass is 1270 g/mol. The quantitative estimate of drug-likeness (QED) is 0.150. The van der Waals surface area contributed by atoms with E-state index in [-0.39, 0.29) is 42.1 Å². The number of fused-ring (bicyclic) bond motifs is 1. The minimum atomic E-state index is 0. The van der Waals surface area contributed by atoms with Crippen LogP contribution in [0.5, 0.6) is 0 Å². The van der Waals surface area contributed by atoms with E-state index in [4.69, 9.17) is 0 Å². The Balaban J connectivity index is 0.000000136. The molecule has 2 aliphatic carbocycles. The predicted molar refractivity (Wildman–Crippen MR) is 272 cm³/mol. The van der Waals surface area contributed by atoms with Gasteiger partial charge in [0.05, 0.1) is 0 Å². The third-order valence-electron chi connectivity index (χ3n) is 11.2. The van der Waals surface area contributed by atoms with E-state index in [0.717, 1.165) is 63.6 Å². The summed E-state index contributed by atoms with van der Waals surface area (Å²) in [6, 6.07) is 59.5. The Kier molecular flexibility index (Phi) is 18.2. The average molecular weight is 1280 g/mol. The number of allylic oxidation sites excluding steroid dienone is 9. The SMILES string of the molecule is CN1[CH-]N(C2=CC=CC=[C-]C2)C2=C1C=CCC=C2.CN1[CH-]N(c2[c-]cccc2)c2ccccc21.[Pt].[Pt].c1ccc(-c2nn[n-]c2-c2ccccc2)cc1.c1ccc(-c2nn[n-]c2-c2ccccc2)cc1. The van der Waals surface area contributed by atoms with Gasteiger partial charge in [0.25, 0.3) is 0 Å². The fourth-order valence-corrected chi connectivity index (χ4v) is 7.88. The Bertz CT molecular complexity index is 2830. The molecule has 12 heteroatoms. The van der Waals surface area contributed by atoms with Gasteiger partial charge in [-0.1, -0.05) is 158 Å². The molecule has 12 rings (SSSR count). The molecule has 4 aliphatic rings. The van der Waals surface area contributed by atoms with Crippen LogP contribution in [0.3, 0.4) is 0 Å². The summed E-state index contributed by atoms with van der Waals surface area (Å²) in [6.45, 7) is 4.22. The molecule has 70 heavy (non-hydrogen) atoms. The van der Waals surface area contributed by atoms with E-state index in [2.05, 4.69) is 157 Å². The van der Waals surface area contributed by atoms with E-state index in [1.54, 1.807) is 0 Å². The fourth-order valence-electron chi connectivity index (χ4n) is 7.88. The molecule has 2 aliphatic heterocycles. The Morgan fingerprint density at radius 2 is 1.01 bits per heavy atom. The maximum Gasteiger partial charge on any atom is 0.0335 e. The van der Waals surface area contributed by atoms with Crippen molar-refractivity contribution in [2.24, 2.45) is 0 Å². The van der Waals surface area contributed by atoms with Gasteiger partial charge in [0.15, 0.2) is 0 Å². The summed E-state index contributed by atoms with van der Waals surface area (Å²) < 4.78 is 0. The number of anilines is 3. The van der Waals surface area contributed by atoms with Gasteiger partial charge < -0.3 is 40.0 Å². The second-order valence-electron chi connectivity index (χ2n) is 15.8. The van der Waals surface area contributed by atoms with Gasteiger partial charge in [-0.2, -0.15) is 43.7 Å². The van der Waals surface area contributed by atoms with Crippen molar-refractivity contribution >= 4 is 17.1 Å². The molecule has 0 fully saturated rings. The zero-order valence-corrected chi connectivity index (χ0v) is 43.0. The zero-order chi connectivity index (χ0) is 46.3. The number of nitrogens with zero attached hydrogens (tertiary/aromatic N) is 10. The van der Waals surface area contributed by atoms with Crippen LogP contribution in [0.15, 0.2) is 236 Å². The molecule has 0 atom stereocenters. The largest absolute Gasteiger partial charge is 0.504 e. The third-order valence-corrected chi connectivity index (χ3v) is 11.2. The zero-order valence-electron chi connectivity index (χ0n) is 38.5. The fraction of sp³-hybridized carbons (Fsp3) is 0.0690. The van der Waals surface area contributed by atoms with Crippen LogP contribution in [0.25, 0.3) is 45.0 Å².